The average Bonchev–Trinajstić information content (AvgIpc) is 3.01. The highest BCUT2D eigenvalue weighted by Crippen LogP contribution is 2.35. The van der Waals surface area contributed by atoms with Crippen molar-refractivity contribution in [1.29, 1.82) is 0 Å². The van der Waals surface area contributed by atoms with Crippen LogP contribution in [0.25, 0.3) is 0 Å². The summed E-state index contributed by atoms with van der Waals surface area (Å²) in [6.45, 7) is 4.31. The van der Waals surface area contributed by atoms with Gasteiger partial charge >= 0.3 is 0 Å². The number of rotatable bonds is 6. The Kier molecular flexibility index (Phi) is 5.46. The Balaban J connectivity index is 1.69. The zero-order chi connectivity index (χ0) is 15.4. The van der Waals surface area contributed by atoms with Crippen molar-refractivity contribution in [3.8, 4) is 0 Å². The van der Waals surface area contributed by atoms with Crippen LogP contribution in [0.5, 0.6) is 0 Å². The van der Waals surface area contributed by atoms with E-state index in [4.69, 9.17) is 0 Å². The molecular weight excluding hydrogens is 298 g/mol. The Morgan fingerprint density at radius 2 is 2.23 bits per heavy atom. The molecule has 2 aliphatic heterocycles. The summed E-state index contributed by atoms with van der Waals surface area (Å²) in [5.74, 6) is 0. The van der Waals surface area contributed by atoms with Crippen molar-refractivity contribution in [3.63, 3.8) is 0 Å². The molecule has 3 heterocycles. The lowest BCUT2D eigenvalue weighted by atomic mass is 9.79. The molecule has 2 saturated heterocycles. The summed E-state index contributed by atoms with van der Waals surface area (Å²) in [6.07, 6.45) is 7.32. The summed E-state index contributed by atoms with van der Waals surface area (Å²) in [7, 11) is 0. The molecule has 2 fully saturated rings. The van der Waals surface area contributed by atoms with Crippen LogP contribution >= 0.6 is 11.3 Å². The third-order valence-corrected chi connectivity index (χ3v) is 5.81. The summed E-state index contributed by atoms with van der Waals surface area (Å²) in [6, 6.07) is 0.285. The van der Waals surface area contributed by atoms with Gasteiger partial charge in [-0.25, -0.2) is 4.98 Å². The van der Waals surface area contributed by atoms with Crippen molar-refractivity contribution in [2.45, 2.75) is 50.3 Å². The largest absolute Gasteiger partial charge is 0.395 e. The van der Waals surface area contributed by atoms with E-state index in [-0.39, 0.29) is 12.6 Å². The molecular formula is C16H27N3O2S. The zero-order valence-corrected chi connectivity index (χ0v) is 14.0. The van der Waals surface area contributed by atoms with E-state index < -0.39 is 5.60 Å². The molecule has 124 valence electrons. The van der Waals surface area contributed by atoms with Gasteiger partial charge in [0.05, 0.1) is 18.8 Å². The van der Waals surface area contributed by atoms with E-state index in [0.29, 0.717) is 19.6 Å². The van der Waals surface area contributed by atoms with Crippen molar-refractivity contribution in [3.05, 3.63) is 16.6 Å². The van der Waals surface area contributed by atoms with Gasteiger partial charge in [-0.05, 0) is 38.8 Å². The van der Waals surface area contributed by atoms with Crippen LogP contribution in [0.2, 0.25) is 0 Å². The van der Waals surface area contributed by atoms with Gasteiger partial charge in [0.2, 0.25) is 0 Å². The lowest BCUT2D eigenvalue weighted by molar-refractivity contribution is -0.111. The van der Waals surface area contributed by atoms with Gasteiger partial charge in [0.15, 0.2) is 0 Å². The molecule has 6 heteroatoms. The van der Waals surface area contributed by atoms with E-state index in [1.165, 1.54) is 12.8 Å². The minimum atomic E-state index is -0.648. The molecule has 5 nitrogen and oxygen atoms in total. The first kappa shape index (κ1) is 16.3. The van der Waals surface area contributed by atoms with E-state index in [2.05, 4.69) is 14.8 Å². The second-order valence-corrected chi connectivity index (χ2v) is 7.59. The Hall–Kier alpha value is -0.530. The number of aliphatic hydroxyl groups excluding tert-OH is 1. The lowest BCUT2D eigenvalue weighted by Gasteiger charge is -2.50. The monoisotopic (exact) mass is 325 g/mol. The van der Waals surface area contributed by atoms with Crippen molar-refractivity contribution in [2.75, 3.05) is 32.8 Å². The van der Waals surface area contributed by atoms with Gasteiger partial charge in [0, 0.05) is 30.7 Å². The number of hydrogen-bond acceptors (Lipinski definition) is 6. The van der Waals surface area contributed by atoms with E-state index in [1.807, 2.05) is 11.6 Å². The summed E-state index contributed by atoms with van der Waals surface area (Å²) in [5, 5.41) is 23.7. The highest BCUT2D eigenvalue weighted by molar-refractivity contribution is 7.09. The summed E-state index contributed by atoms with van der Waals surface area (Å²) in [5.41, 5.74) is -0.648. The van der Waals surface area contributed by atoms with Crippen LogP contribution in [-0.4, -0.2) is 69.4 Å². The maximum Gasteiger partial charge on any atom is 0.107 e. The maximum absolute atomic E-state index is 11.3. The number of aromatic nitrogens is 1. The van der Waals surface area contributed by atoms with Crippen LogP contribution in [0.1, 0.15) is 37.1 Å². The zero-order valence-electron chi connectivity index (χ0n) is 13.2. The summed E-state index contributed by atoms with van der Waals surface area (Å²) >= 11 is 1.63. The highest BCUT2D eigenvalue weighted by atomic mass is 32.1. The molecule has 0 unspecified atom stereocenters. The number of aliphatic hydroxyl groups is 2. The molecule has 22 heavy (non-hydrogen) atoms. The summed E-state index contributed by atoms with van der Waals surface area (Å²) < 4.78 is 0. The third kappa shape index (κ3) is 3.68. The SMILES string of the molecule is OCCN(Cc1nccs1)C[C@]1(O)CCCN2CCCC[C@@H]21. The second-order valence-electron chi connectivity index (χ2n) is 6.61. The lowest BCUT2D eigenvalue weighted by Crippen LogP contribution is -2.62. The standard InChI is InChI=1S/C16H27N3O2S/c20-10-9-18(12-15-17-6-11-22-15)13-16(21)5-3-8-19-7-2-1-4-14(16)19/h6,11,14,20-21H,1-5,7-10,12-13H2/t14-,16-/m1/s1. The van der Waals surface area contributed by atoms with Crippen molar-refractivity contribution in [2.24, 2.45) is 0 Å². The van der Waals surface area contributed by atoms with Crippen molar-refractivity contribution < 1.29 is 10.2 Å². The minimum Gasteiger partial charge on any atom is -0.395 e. The first-order valence-electron chi connectivity index (χ1n) is 8.39. The molecule has 0 spiro atoms. The fourth-order valence-electron chi connectivity index (χ4n) is 4.07. The number of hydrogen-bond donors (Lipinski definition) is 2. The minimum absolute atomic E-state index is 0.121. The van der Waals surface area contributed by atoms with Crippen molar-refractivity contribution >= 4 is 11.3 Å². The number of thiazole rings is 1. The molecule has 2 atom stereocenters. The molecule has 2 aliphatic rings. The Labute approximate surface area is 136 Å². The number of nitrogens with zero attached hydrogens (tertiary/aromatic N) is 3. The van der Waals surface area contributed by atoms with Crippen LogP contribution in [0.4, 0.5) is 0 Å². The molecule has 1 aromatic heterocycles. The van der Waals surface area contributed by atoms with Crippen molar-refractivity contribution in [1.82, 2.24) is 14.8 Å². The molecule has 0 radical (unpaired) electrons. The van der Waals surface area contributed by atoms with Crippen LogP contribution < -0.4 is 0 Å². The highest BCUT2D eigenvalue weighted by Gasteiger charge is 2.44. The molecule has 3 rings (SSSR count). The van der Waals surface area contributed by atoms with Crippen LogP contribution in [0.15, 0.2) is 11.6 Å². The molecule has 0 saturated carbocycles. The van der Waals surface area contributed by atoms with Gasteiger partial charge in [-0.2, -0.15) is 0 Å². The van der Waals surface area contributed by atoms with Crippen LogP contribution in [0.3, 0.4) is 0 Å². The predicted octanol–water partition coefficient (Wildman–Crippen LogP) is 1.32. The normalized spacial score (nSPS) is 29.7. The predicted molar refractivity (Wildman–Crippen MR) is 87.9 cm³/mol. The van der Waals surface area contributed by atoms with E-state index in [9.17, 15) is 10.2 Å². The van der Waals surface area contributed by atoms with Gasteiger partial charge in [0.25, 0.3) is 0 Å². The first-order chi connectivity index (χ1) is 10.7. The quantitative estimate of drug-likeness (QED) is 0.826. The van der Waals surface area contributed by atoms with Crippen LogP contribution in [0, 0.1) is 0 Å². The molecule has 1 aromatic rings. The van der Waals surface area contributed by atoms with E-state index in [0.717, 1.165) is 37.4 Å². The van der Waals surface area contributed by atoms with Gasteiger partial charge < -0.3 is 10.2 Å². The third-order valence-electron chi connectivity index (χ3n) is 5.04. The molecule has 0 bridgehead atoms. The molecule has 0 aromatic carbocycles. The smallest absolute Gasteiger partial charge is 0.107 e. The maximum atomic E-state index is 11.3. The fourth-order valence-corrected chi connectivity index (χ4v) is 4.73. The van der Waals surface area contributed by atoms with E-state index in [1.54, 1.807) is 11.3 Å². The first-order valence-corrected chi connectivity index (χ1v) is 9.27. The Morgan fingerprint density at radius 3 is 3.00 bits per heavy atom. The fraction of sp³-hybridized carbons (Fsp3) is 0.812. The molecule has 2 N–H and O–H groups in total. The second kappa shape index (κ2) is 7.36. The van der Waals surface area contributed by atoms with Gasteiger partial charge in [-0.3, -0.25) is 9.80 Å². The topological polar surface area (TPSA) is 59.8 Å². The van der Waals surface area contributed by atoms with Gasteiger partial charge in [0.1, 0.15) is 5.01 Å². The number of fused-ring (bicyclic) bond motifs is 1. The van der Waals surface area contributed by atoms with E-state index >= 15 is 0 Å². The van der Waals surface area contributed by atoms with Crippen LogP contribution in [-0.2, 0) is 6.54 Å². The number of piperidine rings is 2. The average molecular weight is 325 g/mol. The van der Waals surface area contributed by atoms with Gasteiger partial charge in [-0.15, -0.1) is 11.3 Å². The Morgan fingerprint density at radius 1 is 1.36 bits per heavy atom. The summed E-state index contributed by atoms with van der Waals surface area (Å²) in [4.78, 5) is 8.98. The molecule has 0 amide bonds. The Bertz CT molecular complexity index is 454. The molecule has 0 aliphatic carbocycles. The van der Waals surface area contributed by atoms with Gasteiger partial charge in [-0.1, -0.05) is 6.42 Å².